The minimum atomic E-state index is -0.575. The lowest BCUT2D eigenvalue weighted by Crippen LogP contribution is -2.29. The zero-order chi connectivity index (χ0) is 55.1. The monoisotopic (exact) mass is 1120 g/mol. The maximum atomic E-state index is 11.4. The Morgan fingerprint density at radius 2 is 0.868 bits per heavy atom. The predicted octanol–water partition coefficient (Wildman–Crippen LogP) is 10.7. The number of amides is 1. The molecule has 1 aliphatic heterocycles. The molecule has 0 saturated carbocycles. The Balaban J connectivity index is 0.000000165. The Labute approximate surface area is 457 Å². The molecule has 5 heterocycles. The van der Waals surface area contributed by atoms with Gasteiger partial charge in [0.1, 0.15) is 5.82 Å². The summed E-state index contributed by atoms with van der Waals surface area (Å²) >= 11 is 23.8. The summed E-state index contributed by atoms with van der Waals surface area (Å²) in [5.41, 5.74) is 8.35. The predicted molar refractivity (Wildman–Crippen MR) is 293 cm³/mol. The van der Waals surface area contributed by atoms with Crippen LogP contribution in [0.2, 0.25) is 20.6 Å². The SMILES string of the molecule is CCOc1cc2c(cc1OCC)NC(=O)C(=O)C2.CCOc1cc2nc(Cl)c(Cl)nc2cc1OCC.CCOc1cc2nc(Cl)c(NN)nc2cc1OCC.CCOc1cc2nc(Cl)c3nnc(C)n3c2cc1OCC. The van der Waals surface area contributed by atoms with Crippen LogP contribution < -0.4 is 54.5 Å². The molecule has 0 aliphatic carbocycles. The lowest BCUT2D eigenvalue weighted by atomic mass is 10.0. The number of ketones is 1. The number of ether oxygens (including phenoxy) is 8. The van der Waals surface area contributed by atoms with Gasteiger partial charge in [0, 0.05) is 54.6 Å². The third kappa shape index (κ3) is 14.0. The van der Waals surface area contributed by atoms with E-state index in [1.54, 1.807) is 36.4 Å². The fraction of sp³-hybridized carbons (Fsp3) is 0.353. The Kier molecular flexibility index (Phi) is 21.1. The van der Waals surface area contributed by atoms with Crippen LogP contribution in [0.1, 0.15) is 66.8 Å². The highest BCUT2D eigenvalue weighted by Gasteiger charge is 2.25. The van der Waals surface area contributed by atoms with Crippen LogP contribution in [0, 0.1) is 6.92 Å². The van der Waals surface area contributed by atoms with Gasteiger partial charge in [0.2, 0.25) is 5.78 Å². The van der Waals surface area contributed by atoms with Crippen molar-refractivity contribution < 1.29 is 47.5 Å². The van der Waals surface area contributed by atoms with Crippen molar-refractivity contribution in [2.24, 2.45) is 5.84 Å². The highest BCUT2D eigenvalue weighted by atomic mass is 35.5. The van der Waals surface area contributed by atoms with Crippen LogP contribution in [0.25, 0.3) is 38.7 Å². The van der Waals surface area contributed by atoms with Crippen LogP contribution in [-0.4, -0.2) is 104 Å². The number of nitrogens with zero attached hydrogens (tertiary/aromatic N) is 8. The molecule has 0 bridgehead atoms. The van der Waals surface area contributed by atoms with Gasteiger partial charge in [0.25, 0.3) is 5.91 Å². The molecule has 0 fully saturated rings. The first kappa shape index (κ1) is 58.1. The molecule has 4 aromatic carbocycles. The number of halogens is 4. The second kappa shape index (κ2) is 27.6. The van der Waals surface area contributed by atoms with E-state index in [2.05, 4.69) is 45.9 Å². The first-order chi connectivity index (χ1) is 36.6. The minimum Gasteiger partial charge on any atom is -0.490 e. The average molecular weight is 1130 g/mol. The maximum absolute atomic E-state index is 11.4. The van der Waals surface area contributed by atoms with Crippen molar-refractivity contribution in [3.63, 3.8) is 0 Å². The number of nitrogens with one attached hydrogen (secondary N) is 2. The average Bonchev–Trinajstić information content (AvgIpc) is 3.79. The largest absolute Gasteiger partial charge is 0.490 e. The molecule has 0 atom stereocenters. The summed E-state index contributed by atoms with van der Waals surface area (Å²) in [6, 6.07) is 14.2. The van der Waals surface area contributed by atoms with Crippen molar-refractivity contribution in [3.8, 4) is 46.0 Å². The van der Waals surface area contributed by atoms with E-state index in [-0.39, 0.29) is 21.9 Å². The third-order valence-corrected chi connectivity index (χ3v) is 11.5. The van der Waals surface area contributed by atoms with Crippen LogP contribution >= 0.6 is 46.4 Å². The summed E-state index contributed by atoms with van der Waals surface area (Å²) in [4.78, 5) is 43.8. The number of nitrogen functional groups attached to an aromatic ring is 1. The van der Waals surface area contributed by atoms with E-state index >= 15 is 0 Å². The number of hydrogen-bond acceptors (Lipinski definition) is 19. The van der Waals surface area contributed by atoms with Crippen LogP contribution in [0.15, 0.2) is 48.5 Å². The first-order valence-electron chi connectivity index (χ1n) is 24.2. The normalized spacial score (nSPS) is 11.6. The van der Waals surface area contributed by atoms with Gasteiger partial charge in [-0.2, -0.15) is 0 Å². The van der Waals surface area contributed by atoms with Gasteiger partial charge in [0.05, 0.1) is 86.0 Å². The van der Waals surface area contributed by atoms with Crippen LogP contribution in [0.4, 0.5) is 11.5 Å². The van der Waals surface area contributed by atoms with E-state index in [4.69, 9.17) is 90.1 Å². The number of nitrogens with two attached hydrogens (primary N) is 1. The van der Waals surface area contributed by atoms with Gasteiger partial charge in [-0.15, -0.1) is 10.2 Å². The molecule has 1 aliphatic rings. The van der Waals surface area contributed by atoms with Crippen molar-refractivity contribution in [2.45, 2.75) is 68.7 Å². The molecule has 25 heteroatoms. The molecule has 4 N–H and O–H groups in total. The number of anilines is 2. The Morgan fingerprint density at radius 1 is 0.500 bits per heavy atom. The maximum Gasteiger partial charge on any atom is 0.292 e. The molecule has 9 rings (SSSR count). The number of Topliss-reactive ketones (excluding diaryl/α,β-unsaturated/α-hetero) is 1. The van der Waals surface area contributed by atoms with Gasteiger partial charge >= 0.3 is 0 Å². The number of benzene rings is 4. The van der Waals surface area contributed by atoms with Gasteiger partial charge in [-0.05, 0) is 73.9 Å². The minimum absolute atomic E-state index is 0.105. The zero-order valence-corrected chi connectivity index (χ0v) is 46.3. The summed E-state index contributed by atoms with van der Waals surface area (Å²) < 4.78 is 46.1. The number of hydrogen-bond donors (Lipinski definition) is 3. The summed E-state index contributed by atoms with van der Waals surface area (Å²) in [6.45, 7) is 21.4. The number of hydrazine groups is 1. The lowest BCUT2D eigenvalue weighted by Gasteiger charge is -2.19. The lowest BCUT2D eigenvalue weighted by molar-refractivity contribution is -0.134. The highest BCUT2D eigenvalue weighted by molar-refractivity contribution is 6.42. The molecule has 0 unspecified atom stereocenters. The Morgan fingerprint density at radius 3 is 1.30 bits per heavy atom. The molecule has 8 aromatic rings. The number of aryl methyl sites for hydroxylation is 1. The molecule has 0 radical (unpaired) electrons. The molecule has 404 valence electrons. The standard InChI is InChI=1S/C14H15ClN4O2.C13H15NO4.C12H12Cl2N2O2.C12H15ClN4O2/c1-4-20-11-6-9-10(7-12(11)21-5-2)19-8(3)17-18-14(19)13(15)16-9;1-3-17-11-6-8-5-10(15)13(16)14-9(8)7-12(11)18-4-2;1-3-17-9-5-7-8(6-10(9)18-4-2)16-12(14)11(13)15-7;1-3-18-9-5-7-8(6-10(9)19-4-2)16-12(17-14)11(13)15-7/h6-7H,4-5H2,1-3H3;6-7H,3-5H2,1-2H3,(H,14,16);5-6H,3-4H2,1-2H3;5-6H,3-4,14H2,1-2H3,(H,16,17). The van der Waals surface area contributed by atoms with Gasteiger partial charge in [-0.25, -0.2) is 30.8 Å². The topological polar surface area (TPSA) is 253 Å². The van der Waals surface area contributed by atoms with Crippen molar-refractivity contribution in [1.29, 1.82) is 0 Å². The van der Waals surface area contributed by atoms with Crippen LogP contribution in [0.3, 0.4) is 0 Å². The van der Waals surface area contributed by atoms with E-state index in [1.165, 1.54) is 0 Å². The molecule has 4 aromatic heterocycles. The van der Waals surface area contributed by atoms with E-state index in [9.17, 15) is 9.59 Å². The molecular weight excluding hydrogens is 1070 g/mol. The number of carbonyl (C=O) groups is 2. The molecule has 1 amide bonds. The molecule has 0 spiro atoms. The van der Waals surface area contributed by atoms with Gasteiger partial charge in [0.15, 0.2) is 78.1 Å². The number of fused-ring (bicyclic) bond motifs is 6. The van der Waals surface area contributed by atoms with E-state index in [0.29, 0.717) is 149 Å². The van der Waals surface area contributed by atoms with E-state index < -0.39 is 11.7 Å². The Hall–Kier alpha value is -7.17. The van der Waals surface area contributed by atoms with Crippen molar-refractivity contribution in [3.05, 3.63) is 80.5 Å². The van der Waals surface area contributed by atoms with Gasteiger partial charge in [-0.3, -0.25) is 14.0 Å². The number of rotatable bonds is 17. The van der Waals surface area contributed by atoms with Crippen molar-refractivity contribution in [2.75, 3.05) is 63.6 Å². The van der Waals surface area contributed by atoms with Gasteiger partial charge in [-0.1, -0.05) is 46.4 Å². The number of carbonyl (C=O) groups excluding carboxylic acids is 2. The van der Waals surface area contributed by atoms with Crippen LogP contribution in [-0.2, 0) is 16.0 Å². The summed E-state index contributed by atoms with van der Waals surface area (Å²) in [5.74, 6) is 10.4. The van der Waals surface area contributed by atoms with E-state index in [0.717, 1.165) is 16.9 Å². The van der Waals surface area contributed by atoms with Gasteiger partial charge < -0.3 is 48.6 Å². The van der Waals surface area contributed by atoms with E-state index in [1.807, 2.05) is 78.8 Å². The molecular formula is C51H57Cl4N11O10. The zero-order valence-electron chi connectivity index (χ0n) is 43.2. The molecule has 76 heavy (non-hydrogen) atoms. The summed E-state index contributed by atoms with van der Waals surface area (Å²) in [7, 11) is 0. The quantitative estimate of drug-likeness (QED) is 0.0435. The van der Waals surface area contributed by atoms with Crippen molar-refractivity contribution in [1.82, 2.24) is 39.5 Å². The first-order valence-corrected chi connectivity index (χ1v) is 25.7. The smallest absolute Gasteiger partial charge is 0.292 e. The third-order valence-electron chi connectivity index (χ3n) is 10.4. The summed E-state index contributed by atoms with van der Waals surface area (Å²) in [6.07, 6.45) is 0.105. The van der Waals surface area contributed by atoms with Crippen molar-refractivity contribution >= 4 is 108 Å². The fourth-order valence-corrected chi connectivity index (χ4v) is 8.03. The van der Waals surface area contributed by atoms with Crippen LogP contribution in [0.5, 0.6) is 46.0 Å². The molecule has 21 nitrogen and oxygen atoms in total. The molecule has 0 saturated heterocycles. The second-order valence-corrected chi connectivity index (χ2v) is 16.9. The fourth-order valence-electron chi connectivity index (χ4n) is 7.36. The Bertz CT molecular complexity index is 3260. The number of aromatic nitrogens is 8. The second-order valence-electron chi connectivity index (χ2n) is 15.5. The highest BCUT2D eigenvalue weighted by Crippen LogP contribution is 2.38. The summed E-state index contributed by atoms with van der Waals surface area (Å²) in [5, 5.41) is 11.5.